The molecular weight excluding hydrogens is 190 g/mol. The Morgan fingerprint density at radius 1 is 1.29 bits per heavy atom. The van der Waals surface area contributed by atoms with Gasteiger partial charge < -0.3 is 5.32 Å². The molecule has 2 heteroatoms. The van der Waals surface area contributed by atoms with Crippen LogP contribution in [0.15, 0.2) is 30.3 Å². The van der Waals surface area contributed by atoms with Crippen LogP contribution >= 0.6 is 11.3 Å². The van der Waals surface area contributed by atoms with Gasteiger partial charge in [0.2, 0.25) is 0 Å². The summed E-state index contributed by atoms with van der Waals surface area (Å²) in [6, 6.07) is 11.6. The molecule has 1 saturated heterocycles. The van der Waals surface area contributed by atoms with Gasteiger partial charge in [0.05, 0.1) is 0 Å². The van der Waals surface area contributed by atoms with Gasteiger partial charge in [-0.1, -0.05) is 18.2 Å². The summed E-state index contributed by atoms with van der Waals surface area (Å²) in [6.45, 7) is 1.18. The average Bonchev–Trinajstić information content (AvgIpc) is 2.86. The van der Waals surface area contributed by atoms with E-state index in [1.807, 2.05) is 11.3 Å². The van der Waals surface area contributed by atoms with Crippen LogP contribution < -0.4 is 5.32 Å². The van der Waals surface area contributed by atoms with Gasteiger partial charge in [-0.15, -0.1) is 11.3 Å². The Bertz CT molecular complexity index is 407. The van der Waals surface area contributed by atoms with E-state index in [9.17, 15) is 0 Å². The molecule has 0 radical (unpaired) electrons. The van der Waals surface area contributed by atoms with Crippen LogP contribution in [-0.2, 0) is 0 Å². The summed E-state index contributed by atoms with van der Waals surface area (Å²) in [6.07, 6.45) is 2.62. The van der Waals surface area contributed by atoms with Gasteiger partial charge in [0.15, 0.2) is 0 Å². The molecule has 0 aliphatic carbocycles. The number of hydrogen-bond acceptors (Lipinski definition) is 2. The third kappa shape index (κ3) is 1.35. The topological polar surface area (TPSA) is 12.0 Å². The Morgan fingerprint density at radius 2 is 2.21 bits per heavy atom. The van der Waals surface area contributed by atoms with Crippen molar-refractivity contribution in [1.29, 1.82) is 0 Å². The van der Waals surface area contributed by atoms with Crippen molar-refractivity contribution >= 4 is 21.4 Å². The van der Waals surface area contributed by atoms with E-state index >= 15 is 0 Å². The van der Waals surface area contributed by atoms with Gasteiger partial charge in [-0.25, -0.2) is 0 Å². The number of benzene rings is 1. The summed E-state index contributed by atoms with van der Waals surface area (Å²) >= 11 is 1.93. The second-order valence-electron chi connectivity index (χ2n) is 3.84. The van der Waals surface area contributed by atoms with Crippen LogP contribution in [-0.4, -0.2) is 6.54 Å². The Morgan fingerprint density at radius 3 is 3.00 bits per heavy atom. The SMILES string of the molecule is c1ccc2sc([C@H]3CCCN3)cc2c1. The van der Waals surface area contributed by atoms with Gasteiger partial charge in [0.1, 0.15) is 0 Å². The third-order valence-corrected chi connectivity index (χ3v) is 4.08. The number of rotatable bonds is 1. The molecule has 1 aliphatic heterocycles. The van der Waals surface area contributed by atoms with Crippen LogP contribution in [0, 0.1) is 0 Å². The zero-order valence-corrected chi connectivity index (χ0v) is 8.81. The van der Waals surface area contributed by atoms with Crippen LogP contribution in [0.2, 0.25) is 0 Å². The zero-order chi connectivity index (χ0) is 9.38. The minimum absolute atomic E-state index is 0.618. The Balaban J connectivity index is 2.05. The van der Waals surface area contributed by atoms with Crippen molar-refractivity contribution in [2.75, 3.05) is 6.54 Å². The minimum Gasteiger partial charge on any atom is -0.309 e. The highest BCUT2D eigenvalue weighted by molar-refractivity contribution is 7.19. The predicted octanol–water partition coefficient (Wildman–Crippen LogP) is 3.33. The third-order valence-electron chi connectivity index (χ3n) is 2.85. The first-order valence-electron chi connectivity index (χ1n) is 5.15. The lowest BCUT2D eigenvalue weighted by molar-refractivity contribution is 0.660. The summed E-state index contributed by atoms with van der Waals surface area (Å²) in [5, 5.41) is 4.93. The van der Waals surface area contributed by atoms with Crippen LogP contribution in [0.3, 0.4) is 0 Å². The number of fused-ring (bicyclic) bond motifs is 1. The van der Waals surface area contributed by atoms with Gasteiger partial charge in [-0.3, -0.25) is 0 Å². The van der Waals surface area contributed by atoms with Crippen LogP contribution in [0.4, 0.5) is 0 Å². The molecule has 1 fully saturated rings. The molecule has 72 valence electrons. The maximum atomic E-state index is 3.54. The molecule has 1 N–H and O–H groups in total. The van der Waals surface area contributed by atoms with Crippen molar-refractivity contribution in [2.24, 2.45) is 0 Å². The summed E-state index contributed by atoms with van der Waals surface area (Å²) in [7, 11) is 0. The van der Waals surface area contributed by atoms with Gasteiger partial charge >= 0.3 is 0 Å². The maximum absolute atomic E-state index is 3.54. The minimum atomic E-state index is 0.618. The molecule has 0 amide bonds. The van der Waals surface area contributed by atoms with Crippen molar-refractivity contribution in [1.82, 2.24) is 5.32 Å². The van der Waals surface area contributed by atoms with E-state index < -0.39 is 0 Å². The molecule has 2 heterocycles. The molecule has 1 aromatic heterocycles. The Kier molecular flexibility index (Phi) is 2.03. The first-order valence-corrected chi connectivity index (χ1v) is 5.97. The molecular formula is C12H13NS. The zero-order valence-electron chi connectivity index (χ0n) is 7.99. The van der Waals surface area contributed by atoms with E-state index in [1.54, 1.807) is 0 Å². The predicted molar refractivity (Wildman–Crippen MR) is 61.8 cm³/mol. The number of hydrogen-bond donors (Lipinski definition) is 1. The van der Waals surface area contributed by atoms with Crippen molar-refractivity contribution in [3.63, 3.8) is 0 Å². The normalized spacial score (nSPS) is 21.9. The first-order chi connectivity index (χ1) is 6.93. The average molecular weight is 203 g/mol. The molecule has 0 saturated carbocycles. The van der Waals surface area contributed by atoms with E-state index in [-0.39, 0.29) is 0 Å². The van der Waals surface area contributed by atoms with Crippen molar-refractivity contribution < 1.29 is 0 Å². The monoisotopic (exact) mass is 203 g/mol. The quantitative estimate of drug-likeness (QED) is 0.749. The van der Waals surface area contributed by atoms with E-state index in [2.05, 4.69) is 35.6 Å². The highest BCUT2D eigenvalue weighted by Gasteiger charge is 2.17. The molecule has 1 nitrogen and oxygen atoms in total. The van der Waals surface area contributed by atoms with E-state index in [0.29, 0.717) is 6.04 Å². The van der Waals surface area contributed by atoms with Crippen LogP contribution in [0.5, 0.6) is 0 Å². The van der Waals surface area contributed by atoms with Crippen molar-refractivity contribution in [3.8, 4) is 0 Å². The van der Waals surface area contributed by atoms with E-state index in [1.165, 1.54) is 34.3 Å². The van der Waals surface area contributed by atoms with Gasteiger partial charge in [0, 0.05) is 15.6 Å². The van der Waals surface area contributed by atoms with E-state index in [4.69, 9.17) is 0 Å². The molecule has 14 heavy (non-hydrogen) atoms. The molecule has 0 spiro atoms. The summed E-state index contributed by atoms with van der Waals surface area (Å²) in [5.74, 6) is 0. The maximum Gasteiger partial charge on any atom is 0.0415 e. The lowest BCUT2D eigenvalue weighted by atomic mass is 10.2. The molecule has 3 rings (SSSR count). The summed E-state index contributed by atoms with van der Waals surface area (Å²) in [5.41, 5.74) is 0. The highest BCUT2D eigenvalue weighted by Crippen LogP contribution is 2.33. The fourth-order valence-corrected chi connectivity index (χ4v) is 3.28. The summed E-state index contributed by atoms with van der Waals surface area (Å²) < 4.78 is 1.41. The lowest BCUT2D eigenvalue weighted by Crippen LogP contribution is -2.11. The summed E-state index contributed by atoms with van der Waals surface area (Å²) in [4.78, 5) is 1.50. The lowest BCUT2D eigenvalue weighted by Gasteiger charge is -2.05. The molecule has 1 atom stereocenters. The highest BCUT2D eigenvalue weighted by atomic mass is 32.1. The molecule has 1 aromatic carbocycles. The smallest absolute Gasteiger partial charge is 0.0415 e. The second-order valence-corrected chi connectivity index (χ2v) is 4.95. The van der Waals surface area contributed by atoms with Gasteiger partial charge in [-0.05, 0) is 36.9 Å². The first kappa shape index (κ1) is 8.45. The molecule has 2 aromatic rings. The largest absolute Gasteiger partial charge is 0.309 e. The van der Waals surface area contributed by atoms with Crippen LogP contribution in [0.25, 0.3) is 10.1 Å². The molecule has 0 bridgehead atoms. The molecule has 1 aliphatic rings. The fraction of sp³-hybridized carbons (Fsp3) is 0.333. The Hall–Kier alpha value is -0.860. The fourth-order valence-electron chi connectivity index (χ4n) is 2.10. The van der Waals surface area contributed by atoms with E-state index in [0.717, 1.165) is 0 Å². The second kappa shape index (κ2) is 3.37. The van der Waals surface area contributed by atoms with Gasteiger partial charge in [0.25, 0.3) is 0 Å². The standard InChI is InChI=1S/C12H13NS/c1-2-6-11-9(4-1)8-12(14-11)10-5-3-7-13-10/h1-2,4,6,8,10,13H,3,5,7H2/t10-/m1/s1. The number of thiophene rings is 1. The molecule has 0 unspecified atom stereocenters. The van der Waals surface area contributed by atoms with Crippen LogP contribution in [0.1, 0.15) is 23.8 Å². The number of nitrogens with one attached hydrogen (secondary N) is 1. The Labute approximate surface area is 87.8 Å². The van der Waals surface area contributed by atoms with Crippen molar-refractivity contribution in [2.45, 2.75) is 18.9 Å². The van der Waals surface area contributed by atoms with Crippen molar-refractivity contribution in [3.05, 3.63) is 35.2 Å². The van der Waals surface area contributed by atoms with Gasteiger partial charge in [-0.2, -0.15) is 0 Å².